The van der Waals surface area contributed by atoms with Gasteiger partial charge in [0.05, 0.1) is 12.2 Å². The molecule has 0 aliphatic carbocycles. The van der Waals surface area contributed by atoms with E-state index in [4.69, 9.17) is 4.74 Å². The standard InChI is InChI=1S/C16H30O/c1-5-9-11-13-15(7-3)17-16(8-4)14-12-10-6-2/h7-8,15-16H,3-6,9-14H2,1-2H3. The van der Waals surface area contributed by atoms with Crippen molar-refractivity contribution in [3.63, 3.8) is 0 Å². The first-order valence-corrected chi connectivity index (χ1v) is 7.19. The van der Waals surface area contributed by atoms with E-state index in [-0.39, 0.29) is 12.2 Å². The molecule has 0 aliphatic rings. The first-order chi connectivity index (χ1) is 8.28. The maximum atomic E-state index is 6.01. The van der Waals surface area contributed by atoms with Gasteiger partial charge >= 0.3 is 0 Å². The van der Waals surface area contributed by atoms with Crippen molar-refractivity contribution < 1.29 is 4.74 Å². The maximum Gasteiger partial charge on any atom is 0.0761 e. The predicted molar refractivity (Wildman–Crippen MR) is 77.3 cm³/mol. The summed E-state index contributed by atoms with van der Waals surface area (Å²) in [6.07, 6.45) is 14.0. The van der Waals surface area contributed by atoms with Crippen molar-refractivity contribution >= 4 is 0 Å². The minimum atomic E-state index is 0.200. The van der Waals surface area contributed by atoms with Crippen LogP contribution in [0, 0.1) is 0 Å². The molecule has 0 fully saturated rings. The van der Waals surface area contributed by atoms with Gasteiger partial charge in [-0.2, -0.15) is 0 Å². The molecule has 0 aromatic carbocycles. The molecular weight excluding hydrogens is 208 g/mol. The second-order valence-corrected chi connectivity index (χ2v) is 4.68. The Morgan fingerprint density at radius 1 is 0.824 bits per heavy atom. The Kier molecular flexibility index (Phi) is 11.5. The van der Waals surface area contributed by atoms with Crippen LogP contribution < -0.4 is 0 Å². The van der Waals surface area contributed by atoms with Crippen LogP contribution in [0.1, 0.15) is 65.2 Å². The van der Waals surface area contributed by atoms with E-state index in [1.54, 1.807) is 0 Å². The summed E-state index contributed by atoms with van der Waals surface area (Å²) in [5.41, 5.74) is 0. The number of unbranched alkanes of at least 4 members (excludes halogenated alkanes) is 4. The summed E-state index contributed by atoms with van der Waals surface area (Å²) in [5, 5.41) is 0. The van der Waals surface area contributed by atoms with Crippen molar-refractivity contribution in [2.45, 2.75) is 77.4 Å². The summed E-state index contributed by atoms with van der Waals surface area (Å²) in [6, 6.07) is 0. The van der Waals surface area contributed by atoms with Gasteiger partial charge in [-0.1, -0.05) is 64.5 Å². The molecular formula is C16H30O. The Bertz CT molecular complexity index is 166. The Labute approximate surface area is 108 Å². The van der Waals surface area contributed by atoms with Crippen LogP contribution in [-0.4, -0.2) is 12.2 Å². The molecule has 0 bridgehead atoms. The number of hydrogen-bond donors (Lipinski definition) is 0. The highest BCUT2D eigenvalue weighted by Gasteiger charge is 2.10. The van der Waals surface area contributed by atoms with Gasteiger partial charge in [-0.05, 0) is 12.8 Å². The van der Waals surface area contributed by atoms with Gasteiger partial charge in [0.25, 0.3) is 0 Å². The molecule has 17 heavy (non-hydrogen) atoms. The molecule has 0 aliphatic heterocycles. The Hall–Kier alpha value is -0.560. The van der Waals surface area contributed by atoms with Crippen molar-refractivity contribution in [3.8, 4) is 0 Å². The molecule has 100 valence electrons. The molecule has 2 atom stereocenters. The van der Waals surface area contributed by atoms with E-state index < -0.39 is 0 Å². The maximum absolute atomic E-state index is 6.01. The van der Waals surface area contributed by atoms with Crippen LogP contribution in [0.4, 0.5) is 0 Å². The van der Waals surface area contributed by atoms with Gasteiger partial charge in [-0.15, -0.1) is 13.2 Å². The van der Waals surface area contributed by atoms with Gasteiger partial charge in [0.2, 0.25) is 0 Å². The van der Waals surface area contributed by atoms with Crippen molar-refractivity contribution in [1.82, 2.24) is 0 Å². The highest BCUT2D eigenvalue weighted by molar-refractivity contribution is 4.86. The van der Waals surface area contributed by atoms with E-state index in [1.165, 1.54) is 38.5 Å². The molecule has 2 unspecified atom stereocenters. The summed E-state index contributed by atoms with van der Waals surface area (Å²) in [5.74, 6) is 0. The van der Waals surface area contributed by atoms with Crippen LogP contribution in [0.2, 0.25) is 0 Å². The molecule has 0 spiro atoms. The molecule has 0 N–H and O–H groups in total. The van der Waals surface area contributed by atoms with Crippen molar-refractivity contribution in [3.05, 3.63) is 25.3 Å². The summed E-state index contributed by atoms with van der Waals surface area (Å²) < 4.78 is 6.01. The van der Waals surface area contributed by atoms with E-state index in [9.17, 15) is 0 Å². The minimum Gasteiger partial charge on any atom is -0.367 e. The summed E-state index contributed by atoms with van der Waals surface area (Å²) in [4.78, 5) is 0. The van der Waals surface area contributed by atoms with Crippen molar-refractivity contribution in [2.24, 2.45) is 0 Å². The molecule has 0 amide bonds. The molecule has 1 heteroatoms. The van der Waals surface area contributed by atoms with Gasteiger partial charge in [0.1, 0.15) is 0 Å². The van der Waals surface area contributed by atoms with Gasteiger partial charge in [0.15, 0.2) is 0 Å². The fourth-order valence-electron chi connectivity index (χ4n) is 1.90. The van der Waals surface area contributed by atoms with Crippen LogP contribution in [-0.2, 0) is 4.74 Å². The van der Waals surface area contributed by atoms with Gasteiger partial charge in [-0.3, -0.25) is 0 Å². The average molecular weight is 238 g/mol. The number of hydrogen-bond acceptors (Lipinski definition) is 1. The first kappa shape index (κ1) is 16.4. The van der Waals surface area contributed by atoms with Gasteiger partial charge < -0.3 is 4.74 Å². The fraction of sp³-hybridized carbons (Fsp3) is 0.750. The highest BCUT2D eigenvalue weighted by Crippen LogP contribution is 2.14. The van der Waals surface area contributed by atoms with Crippen LogP contribution in [0.15, 0.2) is 25.3 Å². The molecule has 0 rings (SSSR count). The zero-order chi connectivity index (χ0) is 12.9. The predicted octanol–water partition coefficient (Wildman–Crippen LogP) is 5.27. The van der Waals surface area contributed by atoms with Gasteiger partial charge in [0, 0.05) is 0 Å². The Morgan fingerprint density at radius 3 is 1.53 bits per heavy atom. The quantitative estimate of drug-likeness (QED) is 0.332. The summed E-state index contributed by atoms with van der Waals surface area (Å²) in [6.45, 7) is 12.2. The van der Waals surface area contributed by atoms with E-state index in [2.05, 4.69) is 27.0 Å². The third kappa shape index (κ3) is 9.17. The fourth-order valence-corrected chi connectivity index (χ4v) is 1.90. The number of ether oxygens (including phenoxy) is 1. The van der Waals surface area contributed by atoms with Crippen molar-refractivity contribution in [2.75, 3.05) is 0 Å². The number of rotatable bonds is 12. The van der Waals surface area contributed by atoms with E-state index in [1.807, 2.05) is 12.2 Å². The monoisotopic (exact) mass is 238 g/mol. The van der Waals surface area contributed by atoms with E-state index in [0.717, 1.165) is 12.8 Å². The molecule has 0 aromatic rings. The van der Waals surface area contributed by atoms with E-state index >= 15 is 0 Å². The van der Waals surface area contributed by atoms with Crippen LogP contribution in [0.5, 0.6) is 0 Å². The lowest BCUT2D eigenvalue weighted by Gasteiger charge is -2.20. The zero-order valence-electron chi connectivity index (χ0n) is 11.8. The minimum absolute atomic E-state index is 0.200. The SMILES string of the molecule is C=CC(CCCCC)OC(C=C)CCCCC. The lowest BCUT2D eigenvalue weighted by Crippen LogP contribution is -2.18. The normalized spacial score (nSPS) is 14.2. The third-order valence-electron chi connectivity index (χ3n) is 3.06. The lowest BCUT2D eigenvalue weighted by molar-refractivity contribution is 0.0300. The zero-order valence-corrected chi connectivity index (χ0v) is 11.8. The van der Waals surface area contributed by atoms with Crippen LogP contribution in [0.25, 0.3) is 0 Å². The first-order valence-electron chi connectivity index (χ1n) is 7.19. The largest absolute Gasteiger partial charge is 0.367 e. The topological polar surface area (TPSA) is 9.23 Å². The summed E-state index contributed by atoms with van der Waals surface area (Å²) in [7, 11) is 0. The molecule has 0 heterocycles. The second kappa shape index (κ2) is 11.9. The Morgan fingerprint density at radius 2 is 1.24 bits per heavy atom. The van der Waals surface area contributed by atoms with Crippen LogP contribution in [0.3, 0.4) is 0 Å². The molecule has 1 nitrogen and oxygen atoms in total. The molecule has 0 radical (unpaired) electrons. The average Bonchev–Trinajstić information content (AvgIpc) is 2.36. The smallest absolute Gasteiger partial charge is 0.0761 e. The van der Waals surface area contributed by atoms with E-state index in [0.29, 0.717) is 0 Å². The van der Waals surface area contributed by atoms with Gasteiger partial charge in [-0.25, -0.2) is 0 Å². The Balaban J connectivity index is 3.86. The molecule has 0 aromatic heterocycles. The second-order valence-electron chi connectivity index (χ2n) is 4.68. The highest BCUT2D eigenvalue weighted by atomic mass is 16.5. The van der Waals surface area contributed by atoms with Crippen LogP contribution >= 0.6 is 0 Å². The third-order valence-corrected chi connectivity index (χ3v) is 3.06. The summed E-state index contributed by atoms with van der Waals surface area (Å²) >= 11 is 0. The molecule has 0 saturated heterocycles. The lowest BCUT2D eigenvalue weighted by atomic mass is 10.1. The van der Waals surface area contributed by atoms with Crippen molar-refractivity contribution in [1.29, 1.82) is 0 Å². The molecule has 0 saturated carbocycles.